The monoisotopic (exact) mass is 260 g/mol. The van der Waals surface area contributed by atoms with Gasteiger partial charge in [-0.2, -0.15) is 5.10 Å². The zero-order chi connectivity index (χ0) is 12.5. The first-order valence-corrected chi connectivity index (χ1v) is 6.63. The number of thiazole rings is 1. The SMILES string of the molecule is Cc1ncc(NC(=O)c2cc3c(nn2)CCC3)s1. The van der Waals surface area contributed by atoms with E-state index in [0.29, 0.717) is 5.69 Å². The van der Waals surface area contributed by atoms with Crippen molar-refractivity contribution in [2.45, 2.75) is 26.2 Å². The van der Waals surface area contributed by atoms with E-state index in [4.69, 9.17) is 0 Å². The molecule has 92 valence electrons. The molecule has 0 spiro atoms. The van der Waals surface area contributed by atoms with Crippen LogP contribution in [-0.2, 0) is 12.8 Å². The molecule has 2 heterocycles. The molecule has 1 N–H and O–H groups in total. The van der Waals surface area contributed by atoms with Crippen molar-refractivity contribution in [3.8, 4) is 0 Å². The molecule has 5 nitrogen and oxygen atoms in total. The minimum Gasteiger partial charge on any atom is -0.311 e. The van der Waals surface area contributed by atoms with Crippen molar-refractivity contribution >= 4 is 22.2 Å². The molecule has 2 aromatic heterocycles. The summed E-state index contributed by atoms with van der Waals surface area (Å²) in [5.74, 6) is -0.221. The van der Waals surface area contributed by atoms with Crippen LogP contribution in [0.15, 0.2) is 12.3 Å². The Balaban J connectivity index is 1.80. The average molecular weight is 260 g/mol. The number of nitrogens with one attached hydrogen (secondary N) is 1. The number of carbonyl (C=O) groups is 1. The lowest BCUT2D eigenvalue weighted by Crippen LogP contribution is -2.14. The fraction of sp³-hybridized carbons (Fsp3) is 0.333. The van der Waals surface area contributed by atoms with E-state index in [-0.39, 0.29) is 5.91 Å². The molecule has 0 radical (unpaired) electrons. The first-order valence-electron chi connectivity index (χ1n) is 5.81. The van der Waals surface area contributed by atoms with E-state index in [1.54, 1.807) is 6.20 Å². The van der Waals surface area contributed by atoms with Crippen molar-refractivity contribution in [1.82, 2.24) is 15.2 Å². The number of anilines is 1. The Kier molecular flexibility index (Phi) is 2.79. The number of carbonyl (C=O) groups excluding carboxylic acids is 1. The van der Waals surface area contributed by atoms with E-state index in [1.165, 1.54) is 11.3 Å². The van der Waals surface area contributed by atoms with Gasteiger partial charge >= 0.3 is 0 Å². The maximum atomic E-state index is 12.0. The van der Waals surface area contributed by atoms with Gasteiger partial charge in [-0.1, -0.05) is 0 Å². The number of hydrogen-bond acceptors (Lipinski definition) is 5. The van der Waals surface area contributed by atoms with Crippen LogP contribution in [0.3, 0.4) is 0 Å². The maximum Gasteiger partial charge on any atom is 0.276 e. The summed E-state index contributed by atoms with van der Waals surface area (Å²) < 4.78 is 0. The summed E-state index contributed by atoms with van der Waals surface area (Å²) in [5, 5.41) is 12.5. The van der Waals surface area contributed by atoms with Gasteiger partial charge in [-0.3, -0.25) is 4.79 Å². The van der Waals surface area contributed by atoms with Gasteiger partial charge < -0.3 is 5.32 Å². The van der Waals surface area contributed by atoms with Gasteiger partial charge in [0.1, 0.15) is 5.00 Å². The second-order valence-electron chi connectivity index (χ2n) is 4.25. The van der Waals surface area contributed by atoms with E-state index in [0.717, 1.165) is 40.5 Å². The fourth-order valence-electron chi connectivity index (χ4n) is 2.03. The zero-order valence-electron chi connectivity index (χ0n) is 9.93. The third-order valence-corrected chi connectivity index (χ3v) is 3.74. The highest BCUT2D eigenvalue weighted by atomic mass is 32.1. The minimum atomic E-state index is -0.221. The fourth-order valence-corrected chi connectivity index (χ4v) is 2.71. The van der Waals surface area contributed by atoms with Gasteiger partial charge in [0.05, 0.1) is 16.9 Å². The second kappa shape index (κ2) is 4.45. The van der Waals surface area contributed by atoms with Gasteiger partial charge in [0, 0.05) is 0 Å². The number of aromatic nitrogens is 3. The number of hydrogen-bond donors (Lipinski definition) is 1. The van der Waals surface area contributed by atoms with Crippen LogP contribution in [0.1, 0.15) is 33.2 Å². The molecule has 1 amide bonds. The van der Waals surface area contributed by atoms with Gasteiger partial charge in [0.2, 0.25) is 0 Å². The lowest BCUT2D eigenvalue weighted by atomic mass is 10.2. The average Bonchev–Trinajstić information content (AvgIpc) is 2.96. The van der Waals surface area contributed by atoms with Gasteiger partial charge in [-0.15, -0.1) is 16.4 Å². The molecule has 18 heavy (non-hydrogen) atoms. The molecule has 0 fully saturated rings. The standard InChI is InChI=1S/C12H12N4OS/c1-7-13-6-11(18-7)14-12(17)10-5-8-3-2-4-9(8)15-16-10/h5-6H,2-4H2,1H3,(H,14,17). The summed E-state index contributed by atoms with van der Waals surface area (Å²) in [6, 6.07) is 1.85. The zero-order valence-corrected chi connectivity index (χ0v) is 10.8. The van der Waals surface area contributed by atoms with Gasteiger partial charge in [-0.05, 0) is 37.8 Å². The summed E-state index contributed by atoms with van der Waals surface area (Å²) in [7, 11) is 0. The lowest BCUT2D eigenvalue weighted by Gasteiger charge is -2.02. The summed E-state index contributed by atoms with van der Waals surface area (Å²) in [5.41, 5.74) is 2.55. The molecule has 0 saturated carbocycles. The topological polar surface area (TPSA) is 67.8 Å². The molecule has 0 bridgehead atoms. The van der Waals surface area contributed by atoms with Crippen LogP contribution in [0.4, 0.5) is 5.00 Å². The summed E-state index contributed by atoms with van der Waals surface area (Å²) in [6.45, 7) is 1.90. The predicted molar refractivity (Wildman–Crippen MR) is 68.9 cm³/mol. The van der Waals surface area contributed by atoms with E-state index in [2.05, 4.69) is 20.5 Å². The van der Waals surface area contributed by atoms with Crippen LogP contribution >= 0.6 is 11.3 Å². The largest absolute Gasteiger partial charge is 0.311 e. The molecule has 1 aliphatic rings. The Morgan fingerprint density at radius 2 is 2.28 bits per heavy atom. The van der Waals surface area contributed by atoms with Crippen molar-refractivity contribution in [3.63, 3.8) is 0 Å². The summed E-state index contributed by atoms with van der Waals surface area (Å²) in [6.07, 6.45) is 4.71. The quantitative estimate of drug-likeness (QED) is 0.896. The van der Waals surface area contributed by atoms with Crippen molar-refractivity contribution < 1.29 is 4.79 Å². The van der Waals surface area contributed by atoms with E-state index < -0.39 is 0 Å². The van der Waals surface area contributed by atoms with Crippen molar-refractivity contribution in [1.29, 1.82) is 0 Å². The molecule has 0 aliphatic heterocycles. The molecule has 1 aliphatic carbocycles. The highest BCUT2D eigenvalue weighted by molar-refractivity contribution is 7.15. The lowest BCUT2D eigenvalue weighted by molar-refractivity contribution is 0.102. The molecule has 0 saturated heterocycles. The normalized spacial score (nSPS) is 13.4. The number of amides is 1. The molecular formula is C12H12N4OS. The molecule has 3 rings (SSSR count). The second-order valence-corrected chi connectivity index (χ2v) is 5.49. The number of nitrogens with zero attached hydrogens (tertiary/aromatic N) is 3. The minimum absolute atomic E-state index is 0.221. The number of fused-ring (bicyclic) bond motifs is 1. The maximum absolute atomic E-state index is 12.0. The molecular weight excluding hydrogens is 248 g/mol. The predicted octanol–water partition coefficient (Wildman–Crippen LogP) is 1.98. The third kappa shape index (κ3) is 2.11. The number of aryl methyl sites for hydroxylation is 3. The molecule has 0 unspecified atom stereocenters. The first-order chi connectivity index (χ1) is 8.72. The van der Waals surface area contributed by atoms with Crippen molar-refractivity contribution in [2.24, 2.45) is 0 Å². The Morgan fingerprint density at radius 3 is 3.06 bits per heavy atom. The van der Waals surface area contributed by atoms with E-state index in [9.17, 15) is 4.79 Å². The van der Waals surface area contributed by atoms with Crippen LogP contribution in [0, 0.1) is 6.92 Å². The smallest absolute Gasteiger partial charge is 0.276 e. The Bertz CT molecular complexity index is 608. The summed E-state index contributed by atoms with van der Waals surface area (Å²) in [4.78, 5) is 16.1. The van der Waals surface area contributed by atoms with Crippen LogP contribution in [0.25, 0.3) is 0 Å². The third-order valence-electron chi connectivity index (χ3n) is 2.91. The van der Waals surface area contributed by atoms with Crippen LogP contribution in [0.5, 0.6) is 0 Å². The summed E-state index contributed by atoms with van der Waals surface area (Å²) >= 11 is 1.44. The van der Waals surface area contributed by atoms with Gasteiger partial charge in [-0.25, -0.2) is 4.98 Å². The molecule has 0 aromatic carbocycles. The van der Waals surface area contributed by atoms with Crippen LogP contribution in [-0.4, -0.2) is 21.1 Å². The van der Waals surface area contributed by atoms with Crippen molar-refractivity contribution in [3.05, 3.63) is 34.2 Å². The number of rotatable bonds is 2. The van der Waals surface area contributed by atoms with Crippen molar-refractivity contribution in [2.75, 3.05) is 5.32 Å². The highest BCUT2D eigenvalue weighted by Gasteiger charge is 2.17. The molecule has 0 atom stereocenters. The van der Waals surface area contributed by atoms with Gasteiger partial charge in [0.15, 0.2) is 5.69 Å². The van der Waals surface area contributed by atoms with Gasteiger partial charge in [0.25, 0.3) is 5.91 Å². The van der Waals surface area contributed by atoms with Crippen LogP contribution < -0.4 is 5.32 Å². The highest BCUT2D eigenvalue weighted by Crippen LogP contribution is 2.21. The Morgan fingerprint density at radius 1 is 1.39 bits per heavy atom. The molecule has 6 heteroatoms. The van der Waals surface area contributed by atoms with E-state index in [1.807, 2.05) is 13.0 Å². The Labute approximate surface area is 108 Å². The molecule has 2 aromatic rings. The first kappa shape index (κ1) is 11.3. The Hall–Kier alpha value is -1.82. The van der Waals surface area contributed by atoms with Crippen LogP contribution in [0.2, 0.25) is 0 Å². The van der Waals surface area contributed by atoms with E-state index >= 15 is 0 Å².